The molecule has 0 aromatic heterocycles. The number of nitrogens with one attached hydrogen (secondary N) is 1. The Morgan fingerprint density at radius 1 is 1.14 bits per heavy atom. The summed E-state index contributed by atoms with van der Waals surface area (Å²) < 4.78 is 5.48. The van der Waals surface area contributed by atoms with Gasteiger partial charge in [0, 0.05) is 0 Å². The van der Waals surface area contributed by atoms with Crippen molar-refractivity contribution in [1.82, 2.24) is 0 Å². The summed E-state index contributed by atoms with van der Waals surface area (Å²) in [6.45, 7) is 5.01. The molecular weight excluding hydrogens is 360 g/mol. The predicted octanol–water partition coefficient (Wildman–Crippen LogP) is 2.87. The van der Waals surface area contributed by atoms with Crippen molar-refractivity contribution < 1.29 is 24.2 Å². The Bertz CT molecular complexity index is 938. The molecule has 0 saturated heterocycles. The van der Waals surface area contributed by atoms with Crippen molar-refractivity contribution in [3.63, 3.8) is 0 Å². The third kappa shape index (κ3) is 3.69. The molecule has 1 unspecified atom stereocenters. The maximum Gasteiger partial charge on any atom is 0.342 e. The van der Waals surface area contributed by atoms with E-state index in [1.54, 1.807) is 57.2 Å². The Kier molecular flexibility index (Phi) is 5.35. The lowest BCUT2D eigenvalue weighted by molar-refractivity contribution is -0.130. The largest absolute Gasteiger partial charge is 0.507 e. The van der Waals surface area contributed by atoms with Crippen LogP contribution in [0.3, 0.4) is 0 Å². The minimum Gasteiger partial charge on any atom is -0.507 e. The van der Waals surface area contributed by atoms with Gasteiger partial charge >= 0.3 is 5.97 Å². The number of phenols is 1. The number of amides is 2. The van der Waals surface area contributed by atoms with Crippen LogP contribution in [0.4, 0.5) is 11.4 Å². The van der Waals surface area contributed by atoms with Crippen molar-refractivity contribution in [2.24, 2.45) is 5.92 Å². The molecule has 1 heterocycles. The molecule has 7 heteroatoms. The number of phenolic OH excluding ortho intramolecular Hbond substituents is 1. The summed E-state index contributed by atoms with van der Waals surface area (Å²) in [5, 5.41) is 12.8. The third-order valence-electron chi connectivity index (χ3n) is 4.58. The van der Waals surface area contributed by atoms with Crippen LogP contribution in [0.25, 0.3) is 0 Å². The molecule has 2 amide bonds. The molecule has 146 valence electrons. The van der Waals surface area contributed by atoms with Gasteiger partial charge in [0.15, 0.2) is 6.10 Å². The lowest BCUT2D eigenvalue weighted by Gasteiger charge is -2.32. The maximum absolute atomic E-state index is 13.2. The van der Waals surface area contributed by atoms with Crippen LogP contribution < -0.4 is 10.2 Å². The van der Waals surface area contributed by atoms with E-state index in [4.69, 9.17) is 4.74 Å². The number of para-hydroxylation sites is 3. The molecule has 2 aromatic carbocycles. The number of esters is 1. The first-order valence-electron chi connectivity index (χ1n) is 8.99. The lowest BCUT2D eigenvalue weighted by Crippen LogP contribution is -2.49. The van der Waals surface area contributed by atoms with Crippen molar-refractivity contribution in [3.05, 3.63) is 53.6 Å². The van der Waals surface area contributed by atoms with Gasteiger partial charge in [0.05, 0.1) is 11.4 Å². The Hall–Kier alpha value is -3.35. The highest BCUT2D eigenvalue weighted by Gasteiger charge is 2.36. The van der Waals surface area contributed by atoms with Crippen molar-refractivity contribution in [2.45, 2.75) is 26.9 Å². The van der Waals surface area contributed by atoms with Crippen LogP contribution in [-0.4, -0.2) is 35.5 Å². The summed E-state index contributed by atoms with van der Waals surface area (Å²) in [5.41, 5.74) is 1.60. The number of aryl methyl sites for hydroxylation is 1. The summed E-state index contributed by atoms with van der Waals surface area (Å²) in [7, 11) is 0. The average Bonchev–Trinajstić information content (AvgIpc) is 2.66. The minimum absolute atomic E-state index is 0.00441. The highest BCUT2D eigenvalue weighted by atomic mass is 16.5. The summed E-state index contributed by atoms with van der Waals surface area (Å²) in [6, 6.07) is 11.7. The molecule has 0 radical (unpaired) electrons. The van der Waals surface area contributed by atoms with Crippen LogP contribution in [-0.2, 0) is 14.3 Å². The molecule has 0 bridgehead atoms. The summed E-state index contributed by atoms with van der Waals surface area (Å²) in [4.78, 5) is 39.1. The van der Waals surface area contributed by atoms with Gasteiger partial charge in [-0.05, 0) is 36.6 Å². The van der Waals surface area contributed by atoms with Crippen LogP contribution in [0.1, 0.15) is 29.8 Å². The van der Waals surface area contributed by atoms with Crippen LogP contribution in [0.15, 0.2) is 42.5 Å². The second kappa shape index (κ2) is 7.72. The number of fused-ring (bicyclic) bond motifs is 1. The molecule has 3 rings (SSSR count). The molecular formula is C21H22N2O5. The second-order valence-electron chi connectivity index (χ2n) is 7.03. The van der Waals surface area contributed by atoms with Crippen LogP contribution >= 0.6 is 0 Å². The molecule has 1 atom stereocenters. The SMILES string of the molecule is Cc1cccc(C(=O)OC(C(=O)N2CC(=O)Nc3ccccc32)C(C)C)c1O. The lowest BCUT2D eigenvalue weighted by atomic mass is 10.0. The molecule has 0 spiro atoms. The highest BCUT2D eigenvalue weighted by Crippen LogP contribution is 2.31. The monoisotopic (exact) mass is 382 g/mol. The van der Waals surface area contributed by atoms with Crippen LogP contribution in [0.2, 0.25) is 0 Å². The fraction of sp³-hybridized carbons (Fsp3) is 0.286. The van der Waals surface area contributed by atoms with Gasteiger partial charge in [0.1, 0.15) is 17.9 Å². The second-order valence-corrected chi connectivity index (χ2v) is 7.03. The normalized spacial score (nSPS) is 14.3. The summed E-state index contributed by atoms with van der Waals surface area (Å²) in [5.74, 6) is -2.11. The smallest absolute Gasteiger partial charge is 0.342 e. The van der Waals surface area contributed by atoms with Gasteiger partial charge < -0.3 is 15.2 Å². The fourth-order valence-corrected chi connectivity index (χ4v) is 3.06. The van der Waals surface area contributed by atoms with E-state index >= 15 is 0 Å². The van der Waals surface area contributed by atoms with Gasteiger partial charge in [0.2, 0.25) is 5.91 Å². The van der Waals surface area contributed by atoms with Crippen molar-refractivity contribution >= 4 is 29.2 Å². The number of hydrogen-bond donors (Lipinski definition) is 2. The van der Waals surface area contributed by atoms with E-state index in [0.717, 1.165) is 0 Å². The zero-order valence-corrected chi connectivity index (χ0v) is 15.9. The average molecular weight is 382 g/mol. The van der Waals surface area contributed by atoms with E-state index < -0.39 is 18.0 Å². The first-order valence-corrected chi connectivity index (χ1v) is 8.99. The Morgan fingerprint density at radius 2 is 1.86 bits per heavy atom. The standard InChI is InChI=1S/C21H22N2O5/c1-12(2)19(28-21(27)14-8-6-7-13(3)18(14)25)20(26)23-11-17(24)22-15-9-4-5-10-16(15)23/h4-10,12,19,25H,11H2,1-3H3,(H,22,24). The number of ether oxygens (including phenoxy) is 1. The molecule has 1 aliphatic rings. The molecule has 1 aliphatic heterocycles. The number of hydrogen-bond acceptors (Lipinski definition) is 5. The zero-order chi connectivity index (χ0) is 20.4. The number of carbonyl (C=O) groups is 3. The van der Waals surface area contributed by atoms with Gasteiger partial charge in [-0.3, -0.25) is 14.5 Å². The number of carbonyl (C=O) groups excluding carboxylic acids is 3. The predicted molar refractivity (Wildman–Crippen MR) is 104 cm³/mol. The summed E-state index contributed by atoms with van der Waals surface area (Å²) >= 11 is 0. The number of aromatic hydroxyl groups is 1. The first-order chi connectivity index (χ1) is 13.3. The third-order valence-corrected chi connectivity index (χ3v) is 4.58. The van der Waals surface area contributed by atoms with Gasteiger partial charge in [-0.15, -0.1) is 0 Å². The van der Waals surface area contributed by atoms with Gasteiger partial charge in [-0.2, -0.15) is 0 Å². The van der Waals surface area contributed by atoms with Crippen molar-refractivity contribution in [2.75, 3.05) is 16.8 Å². The minimum atomic E-state index is -1.11. The van der Waals surface area contributed by atoms with E-state index in [9.17, 15) is 19.5 Å². The van der Waals surface area contributed by atoms with Gasteiger partial charge in [0.25, 0.3) is 5.91 Å². The van der Waals surface area contributed by atoms with Crippen molar-refractivity contribution in [1.29, 1.82) is 0 Å². The van der Waals surface area contributed by atoms with E-state index in [2.05, 4.69) is 5.32 Å². The topological polar surface area (TPSA) is 95.9 Å². The van der Waals surface area contributed by atoms with E-state index in [1.807, 2.05) is 0 Å². The molecule has 7 nitrogen and oxygen atoms in total. The number of rotatable bonds is 4. The first kappa shape index (κ1) is 19.4. The molecule has 0 fully saturated rings. The van der Waals surface area contributed by atoms with E-state index in [0.29, 0.717) is 16.9 Å². The van der Waals surface area contributed by atoms with Crippen molar-refractivity contribution in [3.8, 4) is 5.75 Å². The number of nitrogens with zero attached hydrogens (tertiary/aromatic N) is 1. The Balaban J connectivity index is 1.89. The van der Waals surface area contributed by atoms with E-state index in [1.165, 1.54) is 11.0 Å². The van der Waals surface area contributed by atoms with E-state index in [-0.39, 0.29) is 29.7 Å². The number of anilines is 2. The molecule has 28 heavy (non-hydrogen) atoms. The number of benzene rings is 2. The Morgan fingerprint density at radius 3 is 2.57 bits per heavy atom. The zero-order valence-electron chi connectivity index (χ0n) is 15.9. The maximum atomic E-state index is 13.2. The molecule has 2 aromatic rings. The van der Waals surface area contributed by atoms with Gasteiger partial charge in [-0.25, -0.2) is 4.79 Å². The fourth-order valence-electron chi connectivity index (χ4n) is 3.06. The quantitative estimate of drug-likeness (QED) is 0.793. The Labute approximate surface area is 162 Å². The molecule has 2 N–H and O–H groups in total. The van der Waals surface area contributed by atoms with Crippen LogP contribution in [0.5, 0.6) is 5.75 Å². The summed E-state index contributed by atoms with van der Waals surface area (Å²) in [6.07, 6.45) is -1.11. The molecule has 0 aliphatic carbocycles. The highest BCUT2D eigenvalue weighted by molar-refractivity contribution is 6.11. The molecule has 0 saturated carbocycles. The van der Waals surface area contributed by atoms with Crippen LogP contribution in [0, 0.1) is 12.8 Å². The van der Waals surface area contributed by atoms with Gasteiger partial charge in [-0.1, -0.05) is 38.1 Å².